The Bertz CT molecular complexity index is 5260. The van der Waals surface area contributed by atoms with Crippen LogP contribution in [-0.4, -0.2) is 18.3 Å². The Balaban J connectivity index is 1.19. The molecule has 17 rings (SSSR count). The van der Waals surface area contributed by atoms with Crippen molar-refractivity contribution in [1.82, 2.24) is 18.3 Å². The van der Waals surface area contributed by atoms with Gasteiger partial charge in [-0.25, -0.2) is 4.85 Å². The molecular formula is C68H36N6O2. The zero-order valence-corrected chi connectivity index (χ0v) is 40.3. The zero-order valence-electron chi connectivity index (χ0n) is 40.3. The van der Waals surface area contributed by atoms with Crippen molar-refractivity contribution in [3.8, 4) is 28.8 Å². The van der Waals surface area contributed by atoms with Crippen LogP contribution in [0.4, 0.5) is 5.69 Å². The van der Waals surface area contributed by atoms with Crippen molar-refractivity contribution in [3.05, 3.63) is 235 Å². The number of aromatic nitrogens is 4. The molecule has 0 N–H and O–H groups in total. The second-order valence-corrected chi connectivity index (χ2v) is 19.7. The van der Waals surface area contributed by atoms with Crippen molar-refractivity contribution >= 4 is 137 Å². The molecule has 0 spiro atoms. The summed E-state index contributed by atoms with van der Waals surface area (Å²) in [5.74, 6) is 0. The first kappa shape index (κ1) is 40.8. The van der Waals surface area contributed by atoms with Crippen molar-refractivity contribution in [2.45, 2.75) is 0 Å². The molecule has 0 aliphatic rings. The molecule has 350 valence electrons. The monoisotopic (exact) mass is 968 g/mol. The van der Waals surface area contributed by atoms with Gasteiger partial charge in [0.15, 0.2) is 0 Å². The zero-order chi connectivity index (χ0) is 49.9. The topological polar surface area (TPSA) is 74.2 Å². The molecular weight excluding hydrogens is 933 g/mol. The minimum Gasteiger partial charge on any atom is -0.456 e. The summed E-state index contributed by atoms with van der Waals surface area (Å²) in [5, 5.41) is 24.6. The van der Waals surface area contributed by atoms with Gasteiger partial charge in [-0.3, -0.25) is 0 Å². The third kappa shape index (κ3) is 5.18. The van der Waals surface area contributed by atoms with Gasteiger partial charge >= 0.3 is 0 Å². The lowest BCUT2D eigenvalue weighted by atomic mass is 10.0. The van der Waals surface area contributed by atoms with E-state index in [0.29, 0.717) is 34.0 Å². The van der Waals surface area contributed by atoms with Crippen LogP contribution in [-0.2, 0) is 0 Å². The predicted octanol–water partition coefficient (Wildman–Crippen LogP) is 18.3. The van der Waals surface area contributed by atoms with Gasteiger partial charge in [-0.1, -0.05) is 146 Å². The highest BCUT2D eigenvalue weighted by atomic mass is 16.3. The maximum atomic E-state index is 12.6. The summed E-state index contributed by atoms with van der Waals surface area (Å²) in [5.41, 5.74) is 13.5. The number of hydrogen-bond acceptors (Lipinski definition) is 3. The largest absolute Gasteiger partial charge is 0.456 e. The van der Waals surface area contributed by atoms with E-state index in [9.17, 15) is 11.8 Å². The van der Waals surface area contributed by atoms with Crippen molar-refractivity contribution < 1.29 is 8.83 Å². The number of nitriles is 1. The minimum atomic E-state index is 0.322. The van der Waals surface area contributed by atoms with Gasteiger partial charge in [-0.2, -0.15) is 5.26 Å². The molecule has 17 aromatic rings. The SMILES string of the molecule is [C-]#[N+]c1c(-n2c3ccccc3c3cc4oc5ccccc5c4cc32)c(C#N)c(-n2c3ccccc3c3ccccc32)c(-n2c3ccccc3c3cc4oc5ccccc5c4cc32)c1-n1c2ccccc2c2ccccc21. The van der Waals surface area contributed by atoms with Crippen molar-refractivity contribution in [2.24, 2.45) is 0 Å². The van der Waals surface area contributed by atoms with Crippen LogP contribution in [0, 0.1) is 17.9 Å². The highest BCUT2D eigenvalue weighted by molar-refractivity contribution is 6.21. The Morgan fingerprint density at radius 3 is 1.00 bits per heavy atom. The van der Waals surface area contributed by atoms with E-state index in [1.54, 1.807) is 0 Å². The molecule has 0 atom stereocenters. The summed E-state index contributed by atoms with van der Waals surface area (Å²) in [7, 11) is 0. The van der Waals surface area contributed by atoms with Gasteiger partial charge < -0.3 is 27.1 Å². The number of nitrogens with zero attached hydrogens (tertiary/aromatic N) is 6. The molecule has 6 aromatic heterocycles. The molecule has 0 amide bonds. The molecule has 0 aliphatic heterocycles. The molecule has 8 heteroatoms. The first-order chi connectivity index (χ1) is 37.7. The maximum Gasteiger partial charge on any atom is 0.237 e. The van der Waals surface area contributed by atoms with Gasteiger partial charge in [0.05, 0.1) is 79.0 Å². The van der Waals surface area contributed by atoms with Crippen LogP contribution in [0.15, 0.2) is 227 Å². The average Bonchev–Trinajstić information content (AvgIpc) is 4.46. The Kier molecular flexibility index (Phi) is 7.99. The first-order valence-electron chi connectivity index (χ1n) is 25.3. The van der Waals surface area contributed by atoms with Crippen LogP contribution in [0.2, 0.25) is 0 Å². The molecule has 0 bridgehead atoms. The van der Waals surface area contributed by atoms with Crippen molar-refractivity contribution in [3.63, 3.8) is 0 Å². The van der Waals surface area contributed by atoms with E-state index in [2.05, 4.69) is 200 Å². The first-order valence-corrected chi connectivity index (χ1v) is 25.3. The minimum absolute atomic E-state index is 0.322. The van der Waals surface area contributed by atoms with Gasteiger partial charge in [-0.15, -0.1) is 0 Å². The number of para-hydroxylation sites is 8. The standard InChI is InChI=1S/C68H36N6O2/c1-70-64-65(73-56-30-14-6-22-43(56)47-36-62-49(34-58(47)73)45-24-8-16-32-60(45)75-62)51(38-69)66(71-52-26-10-2-18-39(52)40-19-3-11-27-53(40)71)68(67(64)72-54-28-12-4-20-41(54)42-21-5-13-29-55(42)72)74-57-31-15-7-23-44(57)48-37-63-50(35-59(48)74)46-25-9-17-33-61(46)76-63/h2-37H. The molecule has 0 saturated heterocycles. The Morgan fingerprint density at radius 1 is 0.303 bits per heavy atom. The van der Waals surface area contributed by atoms with Crippen molar-refractivity contribution in [1.29, 1.82) is 5.26 Å². The van der Waals surface area contributed by atoms with Crippen LogP contribution < -0.4 is 0 Å². The lowest BCUT2D eigenvalue weighted by Gasteiger charge is -2.27. The molecule has 76 heavy (non-hydrogen) atoms. The molecule has 0 unspecified atom stereocenters. The fourth-order valence-electron chi connectivity index (χ4n) is 12.9. The Labute approximate surface area is 431 Å². The van der Waals surface area contributed by atoms with Gasteiger partial charge in [-0.05, 0) is 72.8 Å². The predicted molar refractivity (Wildman–Crippen MR) is 309 cm³/mol. The second kappa shape index (κ2) is 14.9. The number of furan rings is 2. The lowest BCUT2D eigenvalue weighted by molar-refractivity contribution is 0.669. The number of benzene rings is 11. The van der Waals surface area contributed by atoms with Crippen LogP contribution in [0.5, 0.6) is 0 Å². The smallest absolute Gasteiger partial charge is 0.237 e. The van der Waals surface area contributed by atoms with E-state index < -0.39 is 0 Å². The van der Waals surface area contributed by atoms with Crippen molar-refractivity contribution in [2.75, 3.05) is 0 Å². The molecule has 0 aliphatic carbocycles. The van der Waals surface area contributed by atoms with Crippen LogP contribution in [0.1, 0.15) is 5.56 Å². The van der Waals surface area contributed by atoms with E-state index in [1.165, 1.54) is 0 Å². The molecule has 6 heterocycles. The van der Waals surface area contributed by atoms with E-state index in [0.717, 1.165) is 131 Å². The normalized spacial score (nSPS) is 12.2. The Hall–Kier alpha value is -10.8. The molecule has 11 aromatic carbocycles. The molecule has 0 fully saturated rings. The van der Waals surface area contributed by atoms with Gasteiger partial charge in [0.2, 0.25) is 5.69 Å². The number of hydrogen-bond donors (Lipinski definition) is 0. The number of rotatable bonds is 4. The second-order valence-electron chi connectivity index (χ2n) is 19.7. The lowest BCUT2D eigenvalue weighted by Crippen LogP contribution is -2.14. The fraction of sp³-hybridized carbons (Fsp3) is 0. The molecule has 8 nitrogen and oxygen atoms in total. The summed E-state index contributed by atoms with van der Waals surface area (Å²) in [6, 6.07) is 78.5. The quantitative estimate of drug-likeness (QED) is 0.165. The highest BCUT2D eigenvalue weighted by Gasteiger charge is 2.35. The van der Waals surface area contributed by atoms with Crippen LogP contribution >= 0.6 is 0 Å². The molecule has 0 saturated carbocycles. The van der Waals surface area contributed by atoms with Gasteiger partial charge in [0.25, 0.3) is 0 Å². The van der Waals surface area contributed by atoms with Gasteiger partial charge in [0.1, 0.15) is 28.4 Å². The summed E-state index contributed by atoms with van der Waals surface area (Å²) in [4.78, 5) is 4.78. The van der Waals surface area contributed by atoms with Gasteiger partial charge in [0, 0.05) is 64.6 Å². The summed E-state index contributed by atoms with van der Waals surface area (Å²) < 4.78 is 22.3. The summed E-state index contributed by atoms with van der Waals surface area (Å²) >= 11 is 0. The third-order valence-electron chi connectivity index (χ3n) is 16.0. The molecule has 0 radical (unpaired) electrons. The van der Waals surface area contributed by atoms with E-state index >= 15 is 0 Å². The van der Waals surface area contributed by atoms with E-state index in [1.807, 2.05) is 42.5 Å². The summed E-state index contributed by atoms with van der Waals surface area (Å²) in [6.45, 7) is 9.83. The number of fused-ring (bicyclic) bond motifs is 18. The summed E-state index contributed by atoms with van der Waals surface area (Å²) in [6.07, 6.45) is 0. The van der Waals surface area contributed by atoms with Crippen LogP contribution in [0.25, 0.3) is 159 Å². The maximum absolute atomic E-state index is 12.6. The van der Waals surface area contributed by atoms with E-state index in [-0.39, 0.29) is 0 Å². The average molecular weight is 969 g/mol. The Morgan fingerprint density at radius 2 is 0.618 bits per heavy atom. The third-order valence-corrected chi connectivity index (χ3v) is 16.0. The van der Waals surface area contributed by atoms with E-state index in [4.69, 9.17) is 13.7 Å². The fourth-order valence-corrected chi connectivity index (χ4v) is 12.9. The van der Waals surface area contributed by atoms with Crippen LogP contribution in [0.3, 0.4) is 0 Å². The highest BCUT2D eigenvalue weighted by Crippen LogP contribution is 2.52.